The second-order valence-electron chi connectivity index (χ2n) is 1.21. The maximum atomic E-state index is 10.3. The molecule has 1 aliphatic heterocycles. The second-order valence-corrected chi connectivity index (χ2v) is 2.19. The van der Waals surface area contributed by atoms with Crippen molar-refractivity contribution in [2.75, 3.05) is 0 Å². The first-order chi connectivity index (χ1) is 4.29. The van der Waals surface area contributed by atoms with E-state index in [0.717, 1.165) is 12.2 Å². The molecule has 0 bridgehead atoms. The van der Waals surface area contributed by atoms with Crippen LogP contribution in [-0.4, -0.2) is 27.6 Å². The van der Waals surface area contributed by atoms with Crippen molar-refractivity contribution in [3.63, 3.8) is 0 Å². The molecule has 1 rings (SSSR count). The van der Waals surface area contributed by atoms with Gasteiger partial charge in [0.1, 0.15) is 0 Å². The van der Waals surface area contributed by atoms with Crippen LogP contribution in [0.25, 0.3) is 0 Å². The van der Waals surface area contributed by atoms with Gasteiger partial charge in [0.25, 0.3) is 0 Å². The zero-order valence-corrected chi connectivity index (χ0v) is 5.91. The van der Waals surface area contributed by atoms with Crippen molar-refractivity contribution < 1.29 is 17.2 Å². The van der Waals surface area contributed by atoms with Gasteiger partial charge in [-0.1, -0.05) is 0 Å². The van der Waals surface area contributed by atoms with Crippen LogP contribution in [0.1, 0.15) is 0 Å². The third-order valence-electron chi connectivity index (χ3n) is 0.588. The summed E-state index contributed by atoms with van der Waals surface area (Å²) in [6, 6.07) is 0. The number of carbonyl (C=O) groups excluding carboxylic acids is 2. The van der Waals surface area contributed by atoms with Crippen LogP contribution in [-0.2, 0) is 17.2 Å². The molecule has 0 unspecified atom stereocenters. The molecule has 9 heavy (non-hydrogen) atoms. The molecule has 0 aliphatic carbocycles. The van der Waals surface area contributed by atoms with Crippen molar-refractivity contribution in [2.45, 2.75) is 0 Å². The zero-order valence-electron chi connectivity index (χ0n) is 4.20. The summed E-state index contributed by atoms with van der Waals surface area (Å²) in [6.07, 6.45) is 2.08. The number of hydrogen-bond acceptors (Lipinski definition) is 4. The Bertz CT molecular complexity index is 155. The normalized spacial score (nSPS) is 18.2. The quantitative estimate of drug-likeness (QED) is 0.471. The molecule has 0 spiro atoms. The van der Waals surface area contributed by atoms with E-state index in [-0.39, 0.29) is 0 Å². The first-order valence-corrected chi connectivity index (χ1v) is 3.46. The average Bonchev–Trinajstić information content (AvgIpc) is 1.97. The van der Waals surface area contributed by atoms with E-state index >= 15 is 0 Å². The zero-order chi connectivity index (χ0) is 6.69. The minimum atomic E-state index is -0.780. The van der Waals surface area contributed by atoms with E-state index < -0.39 is 27.6 Å². The van der Waals surface area contributed by atoms with Crippen LogP contribution in [0.5, 0.6) is 0 Å². The summed E-state index contributed by atoms with van der Waals surface area (Å²) in [5.74, 6) is -1.05. The molecule has 48 valence electrons. The molecule has 0 atom stereocenters. The minimum absolute atomic E-state index is 0.527. The summed E-state index contributed by atoms with van der Waals surface area (Å²) in [4.78, 5) is 20.6. The summed E-state index contributed by atoms with van der Waals surface area (Å²) in [5, 5.41) is 0. The first kappa shape index (κ1) is 6.32. The van der Waals surface area contributed by atoms with E-state index in [1.807, 2.05) is 0 Å². The van der Waals surface area contributed by atoms with Crippen molar-refractivity contribution >= 4 is 27.6 Å². The second kappa shape index (κ2) is 2.66. The van der Waals surface area contributed by atoms with Gasteiger partial charge >= 0.3 is 56.9 Å². The SMILES string of the molecule is O=C1C=CC(=O)O[Se]O1. The molecular weight excluding hydrogens is 191 g/mol. The molecule has 0 aromatic heterocycles. The summed E-state index contributed by atoms with van der Waals surface area (Å²) < 4.78 is 8.73. The molecule has 0 radical (unpaired) electrons. The predicted molar refractivity (Wildman–Crippen MR) is 27.1 cm³/mol. The Morgan fingerprint density at radius 3 is 2.00 bits per heavy atom. The molecule has 5 heteroatoms. The van der Waals surface area contributed by atoms with Crippen molar-refractivity contribution in [2.24, 2.45) is 0 Å². The van der Waals surface area contributed by atoms with Crippen LogP contribution < -0.4 is 0 Å². The van der Waals surface area contributed by atoms with Gasteiger partial charge in [-0.05, 0) is 0 Å². The van der Waals surface area contributed by atoms with Crippen LogP contribution in [0.4, 0.5) is 0 Å². The van der Waals surface area contributed by atoms with Crippen LogP contribution in [0.3, 0.4) is 0 Å². The van der Waals surface area contributed by atoms with Crippen molar-refractivity contribution in [3.05, 3.63) is 12.2 Å². The topological polar surface area (TPSA) is 52.6 Å². The van der Waals surface area contributed by atoms with Gasteiger partial charge in [0.15, 0.2) is 0 Å². The van der Waals surface area contributed by atoms with E-state index in [0.29, 0.717) is 0 Å². The van der Waals surface area contributed by atoms with Crippen LogP contribution in [0.15, 0.2) is 12.2 Å². The van der Waals surface area contributed by atoms with Gasteiger partial charge in [0.05, 0.1) is 0 Å². The van der Waals surface area contributed by atoms with Gasteiger partial charge in [-0.2, -0.15) is 0 Å². The fourth-order valence-electron chi connectivity index (χ4n) is 0.276. The molecule has 0 aromatic rings. The van der Waals surface area contributed by atoms with Gasteiger partial charge in [0, 0.05) is 0 Å². The van der Waals surface area contributed by atoms with Crippen molar-refractivity contribution in [1.29, 1.82) is 0 Å². The third kappa shape index (κ3) is 1.87. The van der Waals surface area contributed by atoms with Crippen LogP contribution in [0.2, 0.25) is 0 Å². The summed E-state index contributed by atoms with van der Waals surface area (Å²) in [7, 11) is 0. The Kier molecular flexibility index (Phi) is 1.87. The molecule has 0 saturated heterocycles. The van der Waals surface area contributed by atoms with E-state index in [1.54, 1.807) is 0 Å². The van der Waals surface area contributed by atoms with Crippen LogP contribution in [0, 0.1) is 0 Å². The summed E-state index contributed by atoms with van der Waals surface area (Å²) in [6.45, 7) is 0. The Morgan fingerprint density at radius 2 is 1.56 bits per heavy atom. The van der Waals surface area contributed by atoms with Gasteiger partial charge in [-0.3, -0.25) is 0 Å². The van der Waals surface area contributed by atoms with E-state index in [2.05, 4.69) is 7.64 Å². The summed E-state index contributed by atoms with van der Waals surface area (Å²) in [5.41, 5.74) is 0. The Hall–Kier alpha value is -0.801. The predicted octanol–water partition coefficient (Wildman–Crippen LogP) is -0.823. The number of rotatable bonds is 0. The van der Waals surface area contributed by atoms with Crippen molar-refractivity contribution in [3.8, 4) is 0 Å². The standard InChI is InChI=1S/C4H2O4Se/c5-3-1-2-4(6)8-9-7-3/h1-2H. The van der Waals surface area contributed by atoms with E-state index in [1.165, 1.54) is 0 Å². The Labute approximate surface area is 57.6 Å². The molecule has 1 aliphatic rings. The van der Waals surface area contributed by atoms with E-state index in [4.69, 9.17) is 0 Å². The van der Waals surface area contributed by atoms with Gasteiger partial charge in [-0.25, -0.2) is 0 Å². The Morgan fingerprint density at radius 1 is 1.11 bits per heavy atom. The molecule has 0 aromatic carbocycles. The maximum absolute atomic E-state index is 10.3. The summed E-state index contributed by atoms with van der Waals surface area (Å²) >= 11 is -0.780. The number of carbonyl (C=O) groups is 2. The monoisotopic (exact) mass is 194 g/mol. The molecule has 0 saturated carbocycles. The molecule has 4 nitrogen and oxygen atoms in total. The molecule has 0 amide bonds. The Balaban J connectivity index is 2.63. The van der Waals surface area contributed by atoms with Gasteiger partial charge < -0.3 is 0 Å². The fraction of sp³-hybridized carbons (Fsp3) is 0. The molecular formula is C4H2O4Se. The fourth-order valence-corrected chi connectivity index (χ4v) is 0.862. The number of hydrogen-bond donors (Lipinski definition) is 0. The van der Waals surface area contributed by atoms with E-state index in [9.17, 15) is 9.59 Å². The van der Waals surface area contributed by atoms with Crippen LogP contribution >= 0.6 is 0 Å². The van der Waals surface area contributed by atoms with Crippen molar-refractivity contribution in [1.82, 2.24) is 0 Å². The molecule has 1 heterocycles. The van der Waals surface area contributed by atoms with Gasteiger partial charge in [-0.15, -0.1) is 0 Å². The molecule has 0 N–H and O–H groups in total. The van der Waals surface area contributed by atoms with Gasteiger partial charge in [0.2, 0.25) is 0 Å². The molecule has 0 fully saturated rings. The average molecular weight is 193 g/mol. The third-order valence-corrected chi connectivity index (χ3v) is 1.56. The first-order valence-electron chi connectivity index (χ1n) is 2.06.